The fourth-order valence-corrected chi connectivity index (χ4v) is 4.52. The van der Waals surface area contributed by atoms with E-state index in [4.69, 9.17) is 9.72 Å². The Morgan fingerprint density at radius 1 is 1.25 bits per heavy atom. The summed E-state index contributed by atoms with van der Waals surface area (Å²) in [6, 6.07) is 11.6. The average Bonchev–Trinajstić information content (AvgIpc) is 3.14. The predicted octanol–water partition coefficient (Wildman–Crippen LogP) is 4.09. The van der Waals surface area contributed by atoms with Crippen LogP contribution in [-0.2, 0) is 17.6 Å². The van der Waals surface area contributed by atoms with Gasteiger partial charge in [-0.3, -0.25) is 4.79 Å². The van der Waals surface area contributed by atoms with Crippen molar-refractivity contribution in [1.29, 1.82) is 0 Å². The molecule has 1 atom stereocenters. The molecule has 1 aromatic carbocycles. The number of pyridine rings is 1. The Balaban J connectivity index is 1.49. The predicted molar refractivity (Wildman–Crippen MR) is 106 cm³/mol. The number of benzene rings is 1. The number of nitrogens with zero attached hydrogens (tertiary/aromatic N) is 2. The van der Waals surface area contributed by atoms with E-state index in [-0.39, 0.29) is 24.2 Å². The van der Waals surface area contributed by atoms with E-state index < -0.39 is 0 Å². The lowest BCUT2D eigenvalue weighted by Crippen LogP contribution is -2.32. The summed E-state index contributed by atoms with van der Waals surface area (Å²) in [5.74, 6) is 0.144. The largest absolute Gasteiger partial charge is 0.481 e. The molecule has 0 radical (unpaired) electrons. The zero-order valence-corrected chi connectivity index (χ0v) is 16.3. The molecule has 1 aliphatic rings. The quantitative estimate of drug-likeness (QED) is 0.704. The lowest BCUT2D eigenvalue weighted by Gasteiger charge is -2.22. The second-order valence-corrected chi connectivity index (χ2v) is 7.78. The van der Waals surface area contributed by atoms with Crippen molar-refractivity contribution in [3.63, 3.8) is 0 Å². The topological polar surface area (TPSA) is 64.1 Å². The second-order valence-electron chi connectivity index (χ2n) is 6.69. The van der Waals surface area contributed by atoms with Crippen molar-refractivity contribution in [2.45, 2.75) is 31.7 Å². The maximum absolute atomic E-state index is 13.2. The highest BCUT2D eigenvalue weighted by Crippen LogP contribution is 2.37. The molecule has 0 saturated heterocycles. The molecule has 144 valence electrons. The van der Waals surface area contributed by atoms with Gasteiger partial charge in [0.15, 0.2) is 0 Å². The molecule has 3 aromatic rings. The Hall–Kier alpha value is -2.80. The van der Waals surface area contributed by atoms with Gasteiger partial charge in [-0.05, 0) is 49.6 Å². The summed E-state index contributed by atoms with van der Waals surface area (Å²) < 4.78 is 18.3. The second kappa shape index (κ2) is 8.06. The molecule has 0 bridgehead atoms. The third-order valence-corrected chi connectivity index (χ3v) is 5.89. The Bertz CT molecular complexity index is 988. The fraction of sp³-hybridized carbons (Fsp3) is 0.286. The number of rotatable bonds is 5. The first-order valence-electron chi connectivity index (χ1n) is 9.17. The monoisotopic (exact) mass is 397 g/mol. The van der Waals surface area contributed by atoms with E-state index in [0.717, 1.165) is 35.5 Å². The number of ether oxygens (including phenoxy) is 1. The molecule has 0 saturated carbocycles. The van der Waals surface area contributed by atoms with Crippen LogP contribution in [0.4, 0.5) is 4.39 Å². The number of thiazole rings is 1. The van der Waals surface area contributed by atoms with Crippen LogP contribution in [-0.4, -0.2) is 23.0 Å². The van der Waals surface area contributed by atoms with Crippen LogP contribution >= 0.6 is 11.3 Å². The van der Waals surface area contributed by atoms with Gasteiger partial charge in [-0.1, -0.05) is 6.07 Å². The van der Waals surface area contributed by atoms with Crippen LogP contribution in [0, 0.1) is 5.82 Å². The molecule has 2 heterocycles. The molecule has 0 fully saturated rings. The first-order valence-corrected chi connectivity index (χ1v) is 9.99. The number of methoxy groups -OCH3 is 1. The standard InChI is InChI=1S/C21H20FN3O2S/c1-27-19-7-2-4-15(23-19)12-18(26)24-16-5-3-6-17-20(16)25-21(28-17)13-8-10-14(22)11-9-13/h2,4,7-11,16H,3,5-6,12H2,1H3,(H,24,26). The molecule has 1 N–H and O–H groups in total. The van der Waals surface area contributed by atoms with Gasteiger partial charge in [0.2, 0.25) is 11.8 Å². The molecule has 28 heavy (non-hydrogen) atoms. The van der Waals surface area contributed by atoms with Crippen molar-refractivity contribution >= 4 is 17.2 Å². The van der Waals surface area contributed by atoms with E-state index in [0.29, 0.717) is 11.6 Å². The highest BCUT2D eigenvalue weighted by Gasteiger charge is 2.26. The van der Waals surface area contributed by atoms with Crippen molar-refractivity contribution in [2.24, 2.45) is 0 Å². The molecular formula is C21H20FN3O2S. The number of halogens is 1. The molecule has 0 spiro atoms. The highest BCUT2D eigenvalue weighted by molar-refractivity contribution is 7.15. The van der Waals surface area contributed by atoms with Crippen LogP contribution in [0.2, 0.25) is 0 Å². The van der Waals surface area contributed by atoms with Gasteiger partial charge in [-0.15, -0.1) is 11.3 Å². The number of hydrogen-bond acceptors (Lipinski definition) is 5. The van der Waals surface area contributed by atoms with Gasteiger partial charge in [-0.2, -0.15) is 0 Å². The minimum Gasteiger partial charge on any atom is -0.481 e. The fourth-order valence-electron chi connectivity index (χ4n) is 3.35. The van der Waals surface area contributed by atoms with Gasteiger partial charge < -0.3 is 10.1 Å². The third kappa shape index (κ3) is 4.04. The third-order valence-electron chi connectivity index (χ3n) is 4.71. The van der Waals surface area contributed by atoms with Crippen LogP contribution in [0.1, 0.15) is 35.1 Å². The minimum absolute atomic E-state index is 0.0880. The van der Waals surface area contributed by atoms with Crippen LogP contribution in [0.25, 0.3) is 10.6 Å². The Morgan fingerprint density at radius 2 is 2.07 bits per heavy atom. The molecule has 2 aromatic heterocycles. The average molecular weight is 397 g/mol. The van der Waals surface area contributed by atoms with E-state index in [1.165, 1.54) is 17.0 Å². The van der Waals surface area contributed by atoms with Gasteiger partial charge >= 0.3 is 0 Å². The number of aryl methyl sites for hydroxylation is 1. The van der Waals surface area contributed by atoms with E-state index in [1.54, 1.807) is 36.6 Å². The first kappa shape index (κ1) is 18.6. The molecule has 7 heteroatoms. The molecule has 4 rings (SSSR count). The summed E-state index contributed by atoms with van der Waals surface area (Å²) in [6.45, 7) is 0. The van der Waals surface area contributed by atoms with Crippen LogP contribution in [0.5, 0.6) is 5.88 Å². The number of nitrogens with one attached hydrogen (secondary N) is 1. The molecule has 1 aliphatic carbocycles. The number of carbonyl (C=O) groups is 1. The number of amides is 1. The molecule has 0 aliphatic heterocycles. The molecule has 1 amide bonds. The summed E-state index contributed by atoms with van der Waals surface area (Å²) in [7, 11) is 1.55. The van der Waals surface area contributed by atoms with Crippen molar-refractivity contribution in [1.82, 2.24) is 15.3 Å². The summed E-state index contributed by atoms with van der Waals surface area (Å²) in [6.07, 6.45) is 3.01. The zero-order chi connectivity index (χ0) is 19.5. The Labute approximate surface area is 166 Å². The first-order chi connectivity index (χ1) is 13.6. The maximum atomic E-state index is 13.2. The van der Waals surface area contributed by atoms with Crippen LogP contribution in [0.3, 0.4) is 0 Å². The summed E-state index contributed by atoms with van der Waals surface area (Å²) in [5.41, 5.74) is 2.49. The highest BCUT2D eigenvalue weighted by atomic mass is 32.1. The maximum Gasteiger partial charge on any atom is 0.226 e. The van der Waals surface area contributed by atoms with Gasteiger partial charge in [0.05, 0.1) is 31.0 Å². The Kier molecular flexibility index (Phi) is 5.34. The van der Waals surface area contributed by atoms with Gasteiger partial charge in [0.1, 0.15) is 10.8 Å². The lowest BCUT2D eigenvalue weighted by atomic mass is 9.97. The van der Waals surface area contributed by atoms with Crippen LogP contribution < -0.4 is 10.1 Å². The summed E-state index contributed by atoms with van der Waals surface area (Å²) in [4.78, 5) is 22.8. The molecule has 1 unspecified atom stereocenters. The van der Waals surface area contributed by atoms with Gasteiger partial charge in [-0.25, -0.2) is 14.4 Å². The van der Waals surface area contributed by atoms with E-state index in [2.05, 4.69) is 10.3 Å². The van der Waals surface area contributed by atoms with Crippen LogP contribution in [0.15, 0.2) is 42.5 Å². The zero-order valence-electron chi connectivity index (χ0n) is 15.4. The van der Waals surface area contributed by atoms with Crippen molar-refractivity contribution < 1.29 is 13.9 Å². The number of carbonyl (C=O) groups excluding carboxylic acids is 1. The SMILES string of the molecule is COc1cccc(CC(=O)NC2CCCc3sc(-c4ccc(F)cc4)nc32)n1. The molecule has 5 nitrogen and oxygen atoms in total. The number of hydrogen-bond donors (Lipinski definition) is 1. The number of fused-ring (bicyclic) bond motifs is 1. The van der Waals surface area contributed by atoms with Crippen molar-refractivity contribution in [3.8, 4) is 16.5 Å². The van der Waals surface area contributed by atoms with E-state index >= 15 is 0 Å². The van der Waals surface area contributed by atoms with Crippen molar-refractivity contribution in [2.75, 3.05) is 7.11 Å². The summed E-state index contributed by atoms with van der Waals surface area (Å²) in [5, 5.41) is 3.96. The van der Waals surface area contributed by atoms with E-state index in [9.17, 15) is 9.18 Å². The summed E-state index contributed by atoms with van der Waals surface area (Å²) >= 11 is 1.62. The Morgan fingerprint density at radius 3 is 2.86 bits per heavy atom. The smallest absolute Gasteiger partial charge is 0.226 e. The molecular weight excluding hydrogens is 377 g/mol. The minimum atomic E-state index is -0.263. The van der Waals surface area contributed by atoms with E-state index in [1.807, 2.05) is 12.1 Å². The van der Waals surface area contributed by atoms with Gasteiger partial charge in [0.25, 0.3) is 0 Å². The normalized spacial score (nSPS) is 15.7. The van der Waals surface area contributed by atoms with Crippen molar-refractivity contribution in [3.05, 3.63) is 64.5 Å². The lowest BCUT2D eigenvalue weighted by molar-refractivity contribution is -0.121. The number of aromatic nitrogens is 2. The van der Waals surface area contributed by atoms with Gasteiger partial charge in [0, 0.05) is 16.5 Å².